The van der Waals surface area contributed by atoms with Crippen molar-refractivity contribution in [3.8, 4) is 0 Å². The van der Waals surface area contributed by atoms with Gasteiger partial charge < -0.3 is 10.2 Å². The highest BCUT2D eigenvalue weighted by molar-refractivity contribution is 5.93. The lowest BCUT2D eigenvalue weighted by Gasteiger charge is -2.34. The zero-order chi connectivity index (χ0) is 18.4. The zero-order valence-electron chi connectivity index (χ0n) is 14.8. The van der Waals surface area contributed by atoms with Crippen LogP contribution in [0, 0.1) is 0 Å². The van der Waals surface area contributed by atoms with Gasteiger partial charge in [0.1, 0.15) is 12.9 Å². The van der Waals surface area contributed by atoms with Gasteiger partial charge in [0, 0.05) is 31.9 Å². The van der Waals surface area contributed by atoms with Gasteiger partial charge in [-0.15, -0.1) is 5.10 Å². The van der Waals surface area contributed by atoms with Gasteiger partial charge in [-0.05, 0) is 28.5 Å². The molecule has 0 aliphatic carbocycles. The van der Waals surface area contributed by atoms with Crippen LogP contribution in [0.15, 0.2) is 30.6 Å². The van der Waals surface area contributed by atoms with Crippen LogP contribution >= 0.6 is 0 Å². The topological polar surface area (TPSA) is 96.2 Å². The number of piperazine rings is 1. The molecular weight excluding hydrogens is 334 g/mol. The van der Waals surface area contributed by atoms with Gasteiger partial charge in [0.05, 0.1) is 6.54 Å². The second kappa shape index (κ2) is 8.52. The summed E-state index contributed by atoms with van der Waals surface area (Å²) in [6.45, 7) is 5.07. The molecule has 1 saturated heterocycles. The molecule has 1 aliphatic rings. The summed E-state index contributed by atoms with van der Waals surface area (Å²) in [5.74, 6) is -0.0439. The number of anilines is 1. The number of hydrogen-bond acceptors (Lipinski definition) is 6. The summed E-state index contributed by atoms with van der Waals surface area (Å²) >= 11 is 0. The minimum Gasteiger partial charge on any atom is -0.339 e. The summed E-state index contributed by atoms with van der Waals surface area (Å²) in [7, 11) is 0. The van der Waals surface area contributed by atoms with Crippen molar-refractivity contribution in [2.75, 3.05) is 38.0 Å². The average Bonchev–Trinajstić information content (AvgIpc) is 3.15. The Bertz CT molecular complexity index is 739. The number of benzene rings is 1. The first-order valence-corrected chi connectivity index (χ1v) is 8.74. The van der Waals surface area contributed by atoms with Gasteiger partial charge in [-0.25, -0.2) is 4.68 Å². The van der Waals surface area contributed by atoms with Gasteiger partial charge in [-0.3, -0.25) is 14.5 Å². The van der Waals surface area contributed by atoms with Crippen LogP contribution in [0.5, 0.6) is 0 Å². The fourth-order valence-corrected chi connectivity index (χ4v) is 2.99. The minimum atomic E-state index is -0.0284. The minimum absolute atomic E-state index is 0.0155. The van der Waals surface area contributed by atoms with Crippen molar-refractivity contribution in [1.29, 1.82) is 0 Å². The van der Waals surface area contributed by atoms with E-state index in [-0.39, 0.29) is 18.4 Å². The number of aryl methyl sites for hydroxylation is 1. The van der Waals surface area contributed by atoms with Crippen molar-refractivity contribution in [3.05, 3.63) is 36.2 Å². The molecule has 1 aliphatic heterocycles. The van der Waals surface area contributed by atoms with Crippen LogP contribution in [-0.2, 0) is 22.6 Å². The molecule has 2 aromatic rings. The molecule has 9 nitrogen and oxygen atoms in total. The Hall–Kier alpha value is -2.81. The third kappa shape index (κ3) is 4.63. The Balaban J connectivity index is 1.44. The van der Waals surface area contributed by atoms with Gasteiger partial charge in [0.2, 0.25) is 11.8 Å². The number of carbonyl (C=O) groups is 2. The van der Waals surface area contributed by atoms with Crippen molar-refractivity contribution in [2.45, 2.75) is 19.9 Å². The maximum Gasteiger partial charge on any atom is 0.244 e. The lowest BCUT2D eigenvalue weighted by Crippen LogP contribution is -2.51. The van der Waals surface area contributed by atoms with E-state index >= 15 is 0 Å². The molecule has 26 heavy (non-hydrogen) atoms. The Morgan fingerprint density at radius 3 is 2.58 bits per heavy atom. The van der Waals surface area contributed by atoms with Gasteiger partial charge in [0.15, 0.2) is 0 Å². The van der Waals surface area contributed by atoms with Crippen LogP contribution in [0.25, 0.3) is 0 Å². The smallest absolute Gasteiger partial charge is 0.244 e. The number of amides is 2. The molecule has 0 atom stereocenters. The van der Waals surface area contributed by atoms with E-state index in [1.807, 2.05) is 24.3 Å². The number of hydrogen-bond donors (Lipinski definition) is 1. The second-order valence-corrected chi connectivity index (χ2v) is 6.22. The van der Waals surface area contributed by atoms with E-state index < -0.39 is 0 Å². The number of nitrogens with one attached hydrogen (secondary N) is 1. The molecule has 138 valence electrons. The quantitative estimate of drug-likeness (QED) is 0.783. The lowest BCUT2D eigenvalue weighted by atomic mass is 10.1. The summed E-state index contributed by atoms with van der Waals surface area (Å²) in [6.07, 6.45) is 2.30. The summed E-state index contributed by atoms with van der Waals surface area (Å²) in [4.78, 5) is 28.4. The molecule has 1 N–H and O–H groups in total. The molecule has 1 fully saturated rings. The molecule has 0 unspecified atom stereocenters. The standard InChI is InChI=1S/C17H23N7O2/c1-2-14-5-3-4-6-15(14)19-16(25)11-22-7-9-23(10-8-22)17(26)12-24-13-18-20-21-24/h3-6,13H,2,7-12H2,1H3,(H,19,25). The first kappa shape index (κ1) is 18.0. The lowest BCUT2D eigenvalue weighted by molar-refractivity contribution is -0.134. The van der Waals surface area contributed by atoms with Crippen LogP contribution in [0.2, 0.25) is 0 Å². The molecule has 3 rings (SSSR count). The number of carbonyl (C=O) groups excluding carboxylic acids is 2. The molecule has 2 amide bonds. The molecule has 0 radical (unpaired) electrons. The van der Waals surface area contributed by atoms with Crippen molar-refractivity contribution in [2.24, 2.45) is 0 Å². The van der Waals surface area contributed by atoms with E-state index in [2.05, 4.69) is 32.7 Å². The van der Waals surface area contributed by atoms with Gasteiger partial charge in [-0.2, -0.15) is 0 Å². The maximum atomic E-state index is 12.3. The Morgan fingerprint density at radius 2 is 1.88 bits per heavy atom. The molecule has 0 spiro atoms. The fraction of sp³-hybridized carbons (Fsp3) is 0.471. The number of rotatable bonds is 6. The second-order valence-electron chi connectivity index (χ2n) is 6.22. The number of tetrazole rings is 1. The molecule has 1 aromatic carbocycles. The van der Waals surface area contributed by atoms with Crippen molar-refractivity contribution < 1.29 is 9.59 Å². The maximum absolute atomic E-state index is 12.3. The van der Waals surface area contributed by atoms with E-state index in [1.54, 1.807) is 4.90 Å². The highest BCUT2D eigenvalue weighted by Crippen LogP contribution is 2.15. The van der Waals surface area contributed by atoms with E-state index in [0.717, 1.165) is 17.7 Å². The van der Waals surface area contributed by atoms with Crippen LogP contribution < -0.4 is 5.32 Å². The Morgan fingerprint density at radius 1 is 1.12 bits per heavy atom. The highest BCUT2D eigenvalue weighted by atomic mass is 16.2. The van der Waals surface area contributed by atoms with E-state index in [0.29, 0.717) is 32.7 Å². The number of para-hydroxylation sites is 1. The average molecular weight is 357 g/mol. The van der Waals surface area contributed by atoms with Crippen molar-refractivity contribution in [1.82, 2.24) is 30.0 Å². The van der Waals surface area contributed by atoms with Crippen molar-refractivity contribution >= 4 is 17.5 Å². The molecule has 2 heterocycles. The van der Waals surface area contributed by atoms with Crippen LogP contribution in [-0.4, -0.2) is 74.5 Å². The van der Waals surface area contributed by atoms with Crippen molar-refractivity contribution in [3.63, 3.8) is 0 Å². The number of nitrogens with zero attached hydrogens (tertiary/aromatic N) is 6. The van der Waals surface area contributed by atoms with E-state index in [1.165, 1.54) is 11.0 Å². The third-order valence-corrected chi connectivity index (χ3v) is 4.45. The normalized spacial score (nSPS) is 15.0. The SMILES string of the molecule is CCc1ccccc1NC(=O)CN1CCN(C(=O)Cn2cnnn2)CC1. The highest BCUT2D eigenvalue weighted by Gasteiger charge is 2.23. The predicted octanol–water partition coefficient (Wildman–Crippen LogP) is 0.0184. The van der Waals surface area contributed by atoms with Crippen LogP contribution in [0.3, 0.4) is 0 Å². The van der Waals surface area contributed by atoms with E-state index in [4.69, 9.17) is 0 Å². The molecular formula is C17H23N7O2. The molecule has 1 aromatic heterocycles. The zero-order valence-corrected chi connectivity index (χ0v) is 14.8. The molecule has 0 saturated carbocycles. The predicted molar refractivity (Wildman–Crippen MR) is 95.3 cm³/mol. The summed E-state index contributed by atoms with van der Waals surface area (Å²) in [6, 6.07) is 7.83. The summed E-state index contributed by atoms with van der Waals surface area (Å²) in [5.41, 5.74) is 1.99. The van der Waals surface area contributed by atoms with Crippen LogP contribution in [0.4, 0.5) is 5.69 Å². The first-order chi connectivity index (χ1) is 12.7. The number of aromatic nitrogens is 4. The van der Waals surface area contributed by atoms with Gasteiger partial charge in [-0.1, -0.05) is 25.1 Å². The molecule has 9 heteroatoms. The van der Waals surface area contributed by atoms with E-state index in [9.17, 15) is 9.59 Å². The Labute approximate surface area is 152 Å². The fourth-order valence-electron chi connectivity index (χ4n) is 2.99. The largest absolute Gasteiger partial charge is 0.339 e. The summed E-state index contributed by atoms with van der Waals surface area (Å²) in [5, 5.41) is 13.7. The first-order valence-electron chi connectivity index (χ1n) is 8.74. The third-order valence-electron chi connectivity index (χ3n) is 4.45. The van der Waals surface area contributed by atoms with Gasteiger partial charge >= 0.3 is 0 Å². The van der Waals surface area contributed by atoms with Gasteiger partial charge in [0.25, 0.3) is 0 Å². The Kier molecular flexibility index (Phi) is 5.90. The summed E-state index contributed by atoms with van der Waals surface area (Å²) < 4.78 is 1.41. The molecule has 0 bridgehead atoms. The van der Waals surface area contributed by atoms with Crippen LogP contribution in [0.1, 0.15) is 12.5 Å². The monoisotopic (exact) mass is 357 g/mol.